The Hall–Kier alpha value is -1.37. The fraction of sp³-hybridized carbons (Fsp3) is 0.688. The molecule has 0 aromatic carbocycles. The molecule has 1 unspecified atom stereocenters. The monoisotopic (exact) mass is 312 g/mol. The summed E-state index contributed by atoms with van der Waals surface area (Å²) in [6, 6.07) is 0.964. The minimum atomic E-state index is -0.494. The first-order chi connectivity index (χ1) is 10.5. The molecule has 0 aliphatic rings. The van der Waals surface area contributed by atoms with Crippen LogP contribution in [0.4, 0.5) is 0 Å². The van der Waals surface area contributed by atoms with Crippen molar-refractivity contribution in [3.63, 3.8) is 0 Å². The predicted molar refractivity (Wildman–Crippen MR) is 85.9 cm³/mol. The average Bonchev–Trinajstić information content (AvgIpc) is 2.52. The van der Waals surface area contributed by atoms with Crippen molar-refractivity contribution in [1.82, 2.24) is 9.47 Å². The molecule has 1 heterocycles. The van der Waals surface area contributed by atoms with Gasteiger partial charge >= 0.3 is 0 Å². The van der Waals surface area contributed by atoms with Crippen LogP contribution in [0.25, 0.3) is 0 Å². The van der Waals surface area contributed by atoms with Gasteiger partial charge in [-0.2, -0.15) is 0 Å². The Morgan fingerprint density at radius 3 is 2.50 bits per heavy atom. The van der Waals surface area contributed by atoms with Crippen LogP contribution >= 0.6 is 0 Å². The van der Waals surface area contributed by atoms with Crippen LogP contribution in [-0.4, -0.2) is 45.0 Å². The van der Waals surface area contributed by atoms with Crippen LogP contribution in [0, 0.1) is 0 Å². The van der Waals surface area contributed by atoms with E-state index in [9.17, 15) is 20.1 Å². The number of aliphatic hydroxyl groups is 2. The third kappa shape index (κ3) is 4.32. The van der Waals surface area contributed by atoms with Gasteiger partial charge in [-0.05, 0) is 26.4 Å². The lowest BCUT2D eigenvalue weighted by molar-refractivity contribution is 0.198. The van der Waals surface area contributed by atoms with Gasteiger partial charge in [0.25, 0.3) is 0 Å². The lowest BCUT2D eigenvalue weighted by Gasteiger charge is -2.27. The molecule has 22 heavy (non-hydrogen) atoms. The van der Waals surface area contributed by atoms with E-state index in [2.05, 4.69) is 6.92 Å². The molecule has 1 rings (SSSR count). The Balaban J connectivity index is 3.31. The quantitative estimate of drug-likeness (QED) is 0.638. The fourth-order valence-corrected chi connectivity index (χ4v) is 2.60. The van der Waals surface area contributed by atoms with Gasteiger partial charge in [0.2, 0.25) is 5.43 Å². The highest BCUT2D eigenvalue weighted by Gasteiger charge is 2.20. The summed E-state index contributed by atoms with van der Waals surface area (Å²) in [6.07, 6.45) is 2.73. The van der Waals surface area contributed by atoms with E-state index in [-0.39, 0.29) is 25.0 Å². The van der Waals surface area contributed by atoms with E-state index >= 15 is 0 Å². The summed E-state index contributed by atoms with van der Waals surface area (Å²) in [7, 11) is 1.93. The second-order valence-corrected chi connectivity index (χ2v) is 5.66. The Morgan fingerprint density at radius 1 is 1.32 bits per heavy atom. The second-order valence-electron chi connectivity index (χ2n) is 5.66. The molecule has 0 spiro atoms. The number of unbranched alkanes of at least 4 members (excludes halogenated alkanes) is 1. The first-order valence-electron chi connectivity index (χ1n) is 7.86. The number of aliphatic hydroxyl groups excluding tert-OH is 2. The highest BCUT2D eigenvalue weighted by molar-refractivity contribution is 5.30. The topological polar surface area (TPSA) is 85.9 Å². The van der Waals surface area contributed by atoms with Gasteiger partial charge in [-0.25, -0.2) is 0 Å². The van der Waals surface area contributed by atoms with Crippen molar-refractivity contribution in [2.45, 2.75) is 52.3 Å². The smallest absolute Gasteiger partial charge is 0.223 e. The normalized spacial score (nSPS) is 12.8. The number of pyridine rings is 1. The number of hydrogen-bond acceptors (Lipinski definition) is 5. The van der Waals surface area contributed by atoms with Gasteiger partial charge in [0, 0.05) is 18.3 Å². The molecular formula is C16H28N2O4. The van der Waals surface area contributed by atoms with E-state index in [1.54, 1.807) is 4.57 Å². The van der Waals surface area contributed by atoms with Gasteiger partial charge in [-0.1, -0.05) is 20.3 Å². The Bertz CT molecular complexity index is 524. The van der Waals surface area contributed by atoms with Gasteiger partial charge < -0.3 is 24.8 Å². The minimum Gasteiger partial charge on any atom is -0.503 e. The molecule has 0 radical (unpaired) electrons. The highest BCUT2D eigenvalue weighted by atomic mass is 16.3. The number of hydrogen-bond donors (Lipinski definition) is 3. The molecule has 0 fully saturated rings. The molecule has 0 aliphatic heterocycles. The predicted octanol–water partition coefficient (Wildman–Crippen LogP) is 1.22. The van der Waals surface area contributed by atoms with Crippen LogP contribution in [0.5, 0.6) is 5.75 Å². The molecule has 3 N–H and O–H groups in total. The van der Waals surface area contributed by atoms with Crippen molar-refractivity contribution in [3.8, 4) is 5.75 Å². The van der Waals surface area contributed by atoms with Gasteiger partial charge in [-0.15, -0.1) is 0 Å². The van der Waals surface area contributed by atoms with Gasteiger partial charge in [-0.3, -0.25) is 4.79 Å². The van der Waals surface area contributed by atoms with Crippen molar-refractivity contribution < 1.29 is 15.3 Å². The summed E-state index contributed by atoms with van der Waals surface area (Å²) in [5, 5.41) is 29.3. The number of aromatic nitrogens is 1. The van der Waals surface area contributed by atoms with Crippen LogP contribution in [0.2, 0.25) is 0 Å². The number of rotatable bonds is 9. The summed E-state index contributed by atoms with van der Waals surface area (Å²) >= 11 is 0. The Kier molecular flexibility index (Phi) is 7.58. The molecule has 0 aliphatic carbocycles. The van der Waals surface area contributed by atoms with Crippen molar-refractivity contribution in [2.24, 2.45) is 0 Å². The van der Waals surface area contributed by atoms with Gasteiger partial charge in [0.15, 0.2) is 5.75 Å². The standard InChI is InChI=1S/C16H28N2O4/c1-4-6-7-17(3)9-14-16(22)15(21)8-13(11-20)18(14)12(5-2)10-19/h8,12,19-20,22H,4-7,9-11H2,1-3H3. The Labute approximate surface area is 131 Å². The molecular weight excluding hydrogens is 284 g/mol. The zero-order valence-corrected chi connectivity index (χ0v) is 13.7. The zero-order valence-electron chi connectivity index (χ0n) is 13.7. The first-order valence-corrected chi connectivity index (χ1v) is 7.86. The molecule has 0 saturated heterocycles. The lowest BCUT2D eigenvalue weighted by atomic mass is 10.1. The molecule has 6 heteroatoms. The van der Waals surface area contributed by atoms with Crippen molar-refractivity contribution in [2.75, 3.05) is 20.2 Å². The number of aromatic hydroxyl groups is 1. The van der Waals surface area contributed by atoms with Crippen molar-refractivity contribution >= 4 is 0 Å². The average molecular weight is 312 g/mol. The lowest BCUT2D eigenvalue weighted by Crippen LogP contribution is -2.28. The van der Waals surface area contributed by atoms with Crippen LogP contribution in [0.15, 0.2) is 10.9 Å². The van der Waals surface area contributed by atoms with E-state index in [1.165, 1.54) is 6.07 Å². The molecule has 0 saturated carbocycles. The van der Waals surface area contributed by atoms with E-state index in [0.29, 0.717) is 24.4 Å². The molecule has 1 aromatic heterocycles. The third-order valence-corrected chi connectivity index (χ3v) is 3.93. The molecule has 0 amide bonds. The molecule has 1 atom stereocenters. The summed E-state index contributed by atoms with van der Waals surface area (Å²) in [5.74, 6) is -0.299. The second kappa shape index (κ2) is 8.92. The summed E-state index contributed by atoms with van der Waals surface area (Å²) in [5.41, 5.74) is 0.380. The van der Waals surface area contributed by atoms with Crippen LogP contribution in [0.1, 0.15) is 50.5 Å². The largest absolute Gasteiger partial charge is 0.503 e. The van der Waals surface area contributed by atoms with Crippen LogP contribution in [-0.2, 0) is 13.2 Å². The van der Waals surface area contributed by atoms with Crippen LogP contribution in [0.3, 0.4) is 0 Å². The first kappa shape index (κ1) is 18.7. The molecule has 0 bridgehead atoms. The third-order valence-electron chi connectivity index (χ3n) is 3.93. The summed E-state index contributed by atoms with van der Waals surface area (Å²) < 4.78 is 1.71. The summed E-state index contributed by atoms with van der Waals surface area (Å²) in [6.45, 7) is 4.85. The summed E-state index contributed by atoms with van der Waals surface area (Å²) in [4.78, 5) is 13.9. The highest BCUT2D eigenvalue weighted by Crippen LogP contribution is 2.23. The molecule has 126 valence electrons. The number of nitrogens with zero attached hydrogens (tertiary/aromatic N) is 2. The fourth-order valence-electron chi connectivity index (χ4n) is 2.60. The zero-order chi connectivity index (χ0) is 16.7. The van der Waals surface area contributed by atoms with Crippen molar-refractivity contribution in [1.29, 1.82) is 0 Å². The minimum absolute atomic E-state index is 0.114. The Morgan fingerprint density at radius 2 is 2.00 bits per heavy atom. The molecule has 1 aromatic rings. The van der Waals surface area contributed by atoms with Gasteiger partial charge in [0.1, 0.15) is 0 Å². The molecule has 6 nitrogen and oxygen atoms in total. The van der Waals surface area contributed by atoms with Crippen molar-refractivity contribution in [3.05, 3.63) is 27.7 Å². The van der Waals surface area contributed by atoms with Gasteiger partial charge in [0.05, 0.1) is 24.9 Å². The maximum Gasteiger partial charge on any atom is 0.223 e. The van der Waals surface area contributed by atoms with E-state index in [0.717, 1.165) is 19.4 Å². The van der Waals surface area contributed by atoms with Crippen LogP contribution < -0.4 is 5.43 Å². The van der Waals surface area contributed by atoms with E-state index in [1.807, 2.05) is 18.9 Å². The van der Waals surface area contributed by atoms with E-state index in [4.69, 9.17) is 0 Å². The maximum absolute atomic E-state index is 11.9. The maximum atomic E-state index is 11.9. The SMILES string of the molecule is CCCCN(C)Cc1c(O)c(=O)cc(CO)n1C(CC)CO. The van der Waals surface area contributed by atoms with E-state index < -0.39 is 5.43 Å².